The van der Waals surface area contributed by atoms with Gasteiger partial charge >= 0.3 is 0 Å². The minimum Gasteiger partial charge on any atom is -0.399 e. The highest BCUT2D eigenvalue weighted by Gasteiger charge is 2.15. The highest BCUT2D eigenvalue weighted by molar-refractivity contribution is 9.10. The molecule has 0 unspecified atom stereocenters. The molecule has 0 fully saturated rings. The third-order valence-electron chi connectivity index (χ3n) is 2.43. The number of amides is 1. The van der Waals surface area contributed by atoms with Crippen LogP contribution in [0.15, 0.2) is 40.9 Å². The van der Waals surface area contributed by atoms with Gasteiger partial charge in [-0.25, -0.2) is 8.78 Å². The quantitative estimate of drug-likeness (QED) is 0.829. The summed E-state index contributed by atoms with van der Waals surface area (Å²) in [6.07, 6.45) is 0. The molecule has 3 nitrogen and oxygen atoms in total. The molecular formula is C13H9BrF2N2O. The summed E-state index contributed by atoms with van der Waals surface area (Å²) >= 11 is 2.98. The number of benzene rings is 2. The summed E-state index contributed by atoms with van der Waals surface area (Å²) in [5.41, 5.74) is 5.52. The molecule has 2 aromatic rings. The smallest absolute Gasteiger partial charge is 0.258 e. The maximum atomic E-state index is 13.7. The number of hydrogen-bond donors (Lipinski definition) is 2. The van der Waals surface area contributed by atoms with E-state index in [9.17, 15) is 13.6 Å². The first-order valence-corrected chi connectivity index (χ1v) is 6.08. The molecule has 0 aliphatic rings. The lowest BCUT2D eigenvalue weighted by molar-refractivity contribution is 0.102. The predicted molar refractivity (Wildman–Crippen MR) is 72.9 cm³/mol. The van der Waals surface area contributed by atoms with Crippen molar-refractivity contribution in [2.24, 2.45) is 0 Å². The van der Waals surface area contributed by atoms with E-state index >= 15 is 0 Å². The maximum absolute atomic E-state index is 13.7. The molecule has 0 saturated heterocycles. The van der Waals surface area contributed by atoms with E-state index in [-0.39, 0.29) is 15.7 Å². The maximum Gasteiger partial charge on any atom is 0.258 e. The molecule has 98 valence electrons. The van der Waals surface area contributed by atoms with Crippen LogP contribution in [0.25, 0.3) is 0 Å². The monoisotopic (exact) mass is 326 g/mol. The third kappa shape index (κ3) is 2.90. The van der Waals surface area contributed by atoms with Gasteiger partial charge in [-0.3, -0.25) is 4.79 Å². The standard InChI is InChI=1S/C13H9BrF2N2O/c14-9-3-1-2-8(12(9)16)13(19)18-11-6-7(17)4-5-10(11)15/h1-6H,17H2,(H,18,19). The van der Waals surface area contributed by atoms with Crippen LogP contribution in [0, 0.1) is 11.6 Å². The van der Waals surface area contributed by atoms with E-state index < -0.39 is 17.5 Å². The second-order valence-electron chi connectivity index (χ2n) is 3.79. The summed E-state index contributed by atoms with van der Waals surface area (Å²) in [6.45, 7) is 0. The number of hydrogen-bond acceptors (Lipinski definition) is 2. The fraction of sp³-hybridized carbons (Fsp3) is 0. The molecule has 0 saturated carbocycles. The third-order valence-corrected chi connectivity index (χ3v) is 3.05. The average Bonchev–Trinajstić information content (AvgIpc) is 2.37. The van der Waals surface area contributed by atoms with Gasteiger partial charge in [0.25, 0.3) is 5.91 Å². The van der Waals surface area contributed by atoms with Crippen LogP contribution in [-0.4, -0.2) is 5.91 Å². The Bertz CT molecular complexity index is 647. The predicted octanol–water partition coefficient (Wildman–Crippen LogP) is 3.56. The second kappa shape index (κ2) is 5.36. The number of rotatable bonds is 2. The van der Waals surface area contributed by atoms with E-state index in [1.54, 1.807) is 0 Å². The van der Waals surface area contributed by atoms with Crippen LogP contribution in [-0.2, 0) is 0 Å². The average molecular weight is 327 g/mol. The molecule has 0 aliphatic carbocycles. The first-order valence-electron chi connectivity index (χ1n) is 5.29. The molecule has 6 heteroatoms. The molecule has 3 N–H and O–H groups in total. The van der Waals surface area contributed by atoms with Gasteiger partial charge in [-0.15, -0.1) is 0 Å². The van der Waals surface area contributed by atoms with Crippen molar-refractivity contribution in [3.63, 3.8) is 0 Å². The Morgan fingerprint density at radius 2 is 1.95 bits per heavy atom. The van der Waals surface area contributed by atoms with E-state index in [1.165, 1.54) is 30.3 Å². The summed E-state index contributed by atoms with van der Waals surface area (Å²) in [7, 11) is 0. The molecule has 0 atom stereocenters. The highest BCUT2D eigenvalue weighted by Crippen LogP contribution is 2.22. The van der Waals surface area contributed by atoms with Crippen LogP contribution in [0.3, 0.4) is 0 Å². The number of anilines is 2. The van der Waals surface area contributed by atoms with Crippen LogP contribution in [0.5, 0.6) is 0 Å². The van der Waals surface area contributed by atoms with Crippen LogP contribution in [0.2, 0.25) is 0 Å². The molecule has 2 rings (SSSR count). The first kappa shape index (κ1) is 13.5. The van der Waals surface area contributed by atoms with E-state index in [0.29, 0.717) is 5.69 Å². The first-order chi connectivity index (χ1) is 8.99. The summed E-state index contributed by atoms with van der Waals surface area (Å²) in [5, 5.41) is 2.28. The van der Waals surface area contributed by atoms with Gasteiger partial charge in [-0.1, -0.05) is 6.07 Å². The van der Waals surface area contributed by atoms with Crippen molar-refractivity contribution < 1.29 is 13.6 Å². The Hall–Kier alpha value is -1.95. The zero-order valence-electron chi connectivity index (χ0n) is 9.58. The SMILES string of the molecule is Nc1ccc(F)c(NC(=O)c2cccc(Br)c2F)c1. The van der Waals surface area contributed by atoms with Crippen molar-refractivity contribution in [1.82, 2.24) is 0 Å². The second-order valence-corrected chi connectivity index (χ2v) is 4.65. The van der Waals surface area contributed by atoms with Crippen molar-refractivity contribution in [2.45, 2.75) is 0 Å². The normalized spacial score (nSPS) is 10.3. The molecule has 2 aromatic carbocycles. The lowest BCUT2D eigenvalue weighted by Crippen LogP contribution is -2.15. The molecule has 0 spiro atoms. The summed E-state index contributed by atoms with van der Waals surface area (Å²) in [5.74, 6) is -2.09. The summed E-state index contributed by atoms with van der Waals surface area (Å²) in [4.78, 5) is 11.9. The summed E-state index contributed by atoms with van der Waals surface area (Å²) < 4.78 is 27.3. The molecule has 1 amide bonds. The molecular weight excluding hydrogens is 318 g/mol. The number of nitrogen functional groups attached to an aromatic ring is 1. The van der Waals surface area contributed by atoms with Gasteiger partial charge in [-0.05, 0) is 46.3 Å². The number of nitrogens with two attached hydrogens (primary N) is 1. The minimum absolute atomic E-state index is 0.0932. The van der Waals surface area contributed by atoms with Gasteiger partial charge in [-0.2, -0.15) is 0 Å². The van der Waals surface area contributed by atoms with Crippen LogP contribution < -0.4 is 11.1 Å². The molecule has 19 heavy (non-hydrogen) atoms. The fourth-order valence-electron chi connectivity index (χ4n) is 1.51. The molecule has 0 bridgehead atoms. The van der Waals surface area contributed by atoms with Gasteiger partial charge in [0.2, 0.25) is 0 Å². The zero-order valence-corrected chi connectivity index (χ0v) is 11.2. The number of halogens is 3. The zero-order chi connectivity index (χ0) is 14.0. The number of nitrogens with one attached hydrogen (secondary N) is 1. The molecule has 0 aromatic heterocycles. The minimum atomic E-state index is -0.747. The molecule has 0 radical (unpaired) electrons. The van der Waals surface area contributed by atoms with Crippen LogP contribution in [0.1, 0.15) is 10.4 Å². The van der Waals surface area contributed by atoms with Gasteiger partial charge in [0, 0.05) is 5.69 Å². The largest absolute Gasteiger partial charge is 0.399 e. The lowest BCUT2D eigenvalue weighted by atomic mass is 10.2. The Labute approximate surface area is 116 Å². The van der Waals surface area contributed by atoms with Crippen LogP contribution >= 0.6 is 15.9 Å². The van der Waals surface area contributed by atoms with E-state index in [4.69, 9.17) is 5.73 Å². The Morgan fingerprint density at radius 3 is 2.68 bits per heavy atom. The topological polar surface area (TPSA) is 55.1 Å². The van der Waals surface area contributed by atoms with Gasteiger partial charge in [0.05, 0.1) is 15.7 Å². The van der Waals surface area contributed by atoms with E-state index in [2.05, 4.69) is 21.2 Å². The fourth-order valence-corrected chi connectivity index (χ4v) is 1.87. The van der Waals surface area contributed by atoms with E-state index in [0.717, 1.165) is 6.07 Å². The van der Waals surface area contributed by atoms with Gasteiger partial charge < -0.3 is 11.1 Å². The lowest BCUT2D eigenvalue weighted by Gasteiger charge is -2.08. The summed E-state index contributed by atoms with van der Waals surface area (Å²) in [6, 6.07) is 8.04. The molecule has 0 heterocycles. The van der Waals surface area contributed by atoms with Gasteiger partial charge in [0.1, 0.15) is 11.6 Å². The Kier molecular flexibility index (Phi) is 3.80. The highest BCUT2D eigenvalue weighted by atomic mass is 79.9. The van der Waals surface area contributed by atoms with Gasteiger partial charge in [0.15, 0.2) is 0 Å². The van der Waals surface area contributed by atoms with Crippen molar-refractivity contribution >= 4 is 33.2 Å². The number of carbonyl (C=O) groups is 1. The molecule has 0 aliphatic heterocycles. The van der Waals surface area contributed by atoms with E-state index in [1.807, 2.05) is 0 Å². The Morgan fingerprint density at radius 1 is 1.21 bits per heavy atom. The van der Waals surface area contributed by atoms with Crippen molar-refractivity contribution in [2.75, 3.05) is 11.1 Å². The Balaban J connectivity index is 2.31. The number of carbonyl (C=O) groups excluding carboxylic acids is 1. The van der Waals surface area contributed by atoms with Crippen LogP contribution in [0.4, 0.5) is 20.2 Å². The van der Waals surface area contributed by atoms with Crippen molar-refractivity contribution in [3.8, 4) is 0 Å². The van der Waals surface area contributed by atoms with Crippen molar-refractivity contribution in [1.29, 1.82) is 0 Å². The van der Waals surface area contributed by atoms with Crippen molar-refractivity contribution in [3.05, 3.63) is 58.1 Å².